The third kappa shape index (κ3) is 4.20. The summed E-state index contributed by atoms with van der Waals surface area (Å²) in [6.07, 6.45) is 4.93. The Morgan fingerprint density at radius 1 is 1.39 bits per heavy atom. The van der Waals surface area contributed by atoms with Crippen molar-refractivity contribution in [1.82, 2.24) is 10.2 Å². The summed E-state index contributed by atoms with van der Waals surface area (Å²) in [5.41, 5.74) is 0. The molecule has 1 aliphatic rings. The number of carbonyl (C=O) groups excluding carboxylic acids is 1. The van der Waals surface area contributed by atoms with Crippen LogP contribution in [-0.4, -0.2) is 41.1 Å². The van der Waals surface area contributed by atoms with Gasteiger partial charge in [-0.25, -0.2) is 4.79 Å². The quantitative estimate of drug-likeness (QED) is 0.809. The van der Waals surface area contributed by atoms with Crippen molar-refractivity contribution in [3.8, 4) is 0 Å². The van der Waals surface area contributed by atoms with Crippen LogP contribution in [0.3, 0.4) is 0 Å². The minimum Gasteiger partial charge on any atom is -0.481 e. The highest BCUT2D eigenvalue weighted by molar-refractivity contribution is 5.76. The first-order valence-electron chi connectivity index (χ1n) is 6.83. The van der Waals surface area contributed by atoms with E-state index in [1.165, 1.54) is 6.42 Å². The predicted octanol–water partition coefficient (Wildman–Crippen LogP) is 2.07. The molecule has 0 aromatic heterocycles. The number of carboxylic acids is 1. The van der Waals surface area contributed by atoms with Gasteiger partial charge in [0.25, 0.3) is 0 Å². The molecule has 2 atom stereocenters. The maximum atomic E-state index is 12.0. The molecule has 0 aromatic carbocycles. The SMILES string of the molecule is CCC(CNC(=O)N1CCCCCC1C)C(=O)O. The summed E-state index contributed by atoms with van der Waals surface area (Å²) in [6, 6.07) is 0.126. The average molecular weight is 256 g/mol. The van der Waals surface area contributed by atoms with E-state index in [2.05, 4.69) is 12.2 Å². The van der Waals surface area contributed by atoms with Gasteiger partial charge in [0.05, 0.1) is 5.92 Å². The summed E-state index contributed by atoms with van der Waals surface area (Å²) in [7, 11) is 0. The molecule has 0 saturated carbocycles. The Morgan fingerprint density at radius 2 is 2.11 bits per heavy atom. The molecule has 1 fully saturated rings. The van der Waals surface area contributed by atoms with Gasteiger partial charge in [-0.3, -0.25) is 4.79 Å². The second-order valence-corrected chi connectivity index (χ2v) is 5.02. The van der Waals surface area contributed by atoms with Crippen LogP contribution in [0.15, 0.2) is 0 Å². The zero-order chi connectivity index (χ0) is 13.5. The fourth-order valence-electron chi connectivity index (χ4n) is 2.29. The van der Waals surface area contributed by atoms with Gasteiger partial charge >= 0.3 is 12.0 Å². The average Bonchev–Trinajstić information content (AvgIpc) is 2.54. The molecule has 5 nitrogen and oxygen atoms in total. The van der Waals surface area contributed by atoms with Crippen LogP contribution in [0.5, 0.6) is 0 Å². The van der Waals surface area contributed by atoms with Crippen LogP contribution in [0.1, 0.15) is 46.0 Å². The second-order valence-electron chi connectivity index (χ2n) is 5.02. The maximum absolute atomic E-state index is 12.0. The number of nitrogens with one attached hydrogen (secondary N) is 1. The zero-order valence-electron chi connectivity index (χ0n) is 11.3. The van der Waals surface area contributed by atoms with E-state index in [0.717, 1.165) is 25.8 Å². The highest BCUT2D eigenvalue weighted by Crippen LogP contribution is 2.16. The molecule has 0 radical (unpaired) electrons. The summed E-state index contributed by atoms with van der Waals surface area (Å²) in [5, 5.41) is 11.7. The Hall–Kier alpha value is -1.26. The number of hydrogen-bond donors (Lipinski definition) is 2. The number of hydrogen-bond acceptors (Lipinski definition) is 2. The molecular weight excluding hydrogens is 232 g/mol. The highest BCUT2D eigenvalue weighted by atomic mass is 16.4. The van der Waals surface area contributed by atoms with Crippen LogP contribution in [-0.2, 0) is 4.79 Å². The summed E-state index contributed by atoms with van der Waals surface area (Å²) in [6.45, 7) is 4.86. The van der Waals surface area contributed by atoms with Crippen molar-refractivity contribution in [2.24, 2.45) is 5.92 Å². The number of amides is 2. The molecule has 18 heavy (non-hydrogen) atoms. The molecule has 0 spiro atoms. The van der Waals surface area contributed by atoms with E-state index in [-0.39, 0.29) is 18.6 Å². The first kappa shape index (κ1) is 14.8. The molecule has 1 aliphatic heterocycles. The van der Waals surface area contributed by atoms with Crippen LogP contribution < -0.4 is 5.32 Å². The van der Waals surface area contributed by atoms with E-state index in [4.69, 9.17) is 5.11 Å². The molecule has 0 aliphatic carbocycles. The lowest BCUT2D eigenvalue weighted by molar-refractivity contribution is -0.141. The van der Waals surface area contributed by atoms with E-state index in [1.807, 2.05) is 11.8 Å². The van der Waals surface area contributed by atoms with Gasteiger partial charge in [-0.15, -0.1) is 0 Å². The van der Waals surface area contributed by atoms with E-state index >= 15 is 0 Å². The number of urea groups is 1. The molecule has 2 unspecified atom stereocenters. The van der Waals surface area contributed by atoms with Crippen molar-refractivity contribution in [3.05, 3.63) is 0 Å². The number of likely N-dealkylation sites (tertiary alicyclic amines) is 1. The number of carboxylic acid groups (broad SMARTS) is 1. The summed E-state index contributed by atoms with van der Waals surface area (Å²) >= 11 is 0. The highest BCUT2D eigenvalue weighted by Gasteiger charge is 2.23. The van der Waals surface area contributed by atoms with Crippen molar-refractivity contribution in [1.29, 1.82) is 0 Å². The van der Waals surface area contributed by atoms with Crippen LogP contribution in [0.4, 0.5) is 4.79 Å². The van der Waals surface area contributed by atoms with Gasteiger partial charge in [0.15, 0.2) is 0 Å². The molecule has 0 bridgehead atoms. The van der Waals surface area contributed by atoms with Crippen molar-refractivity contribution in [3.63, 3.8) is 0 Å². The monoisotopic (exact) mass is 256 g/mol. The first-order valence-corrected chi connectivity index (χ1v) is 6.83. The van der Waals surface area contributed by atoms with E-state index in [1.54, 1.807) is 0 Å². The lowest BCUT2D eigenvalue weighted by Crippen LogP contribution is -2.46. The lowest BCUT2D eigenvalue weighted by atomic mass is 10.1. The second kappa shape index (κ2) is 7.24. The van der Waals surface area contributed by atoms with Gasteiger partial charge in [0.2, 0.25) is 0 Å². The van der Waals surface area contributed by atoms with Crippen molar-refractivity contribution in [2.45, 2.75) is 52.0 Å². The van der Waals surface area contributed by atoms with Crippen molar-refractivity contribution < 1.29 is 14.7 Å². The normalized spacial score (nSPS) is 22.1. The molecule has 1 rings (SSSR count). The molecule has 0 aromatic rings. The van der Waals surface area contributed by atoms with E-state index in [0.29, 0.717) is 6.42 Å². The standard InChI is InChI=1S/C13H24N2O3/c1-3-11(12(16)17)9-14-13(18)15-8-6-4-5-7-10(15)2/h10-11H,3-9H2,1-2H3,(H,14,18)(H,16,17). The molecular formula is C13H24N2O3. The molecule has 1 saturated heterocycles. The molecule has 1 heterocycles. The largest absolute Gasteiger partial charge is 0.481 e. The van der Waals surface area contributed by atoms with Gasteiger partial charge in [0.1, 0.15) is 0 Å². The molecule has 2 N–H and O–H groups in total. The van der Waals surface area contributed by atoms with Gasteiger partial charge in [0, 0.05) is 19.1 Å². The molecule has 2 amide bonds. The summed E-state index contributed by atoms with van der Waals surface area (Å²) in [5.74, 6) is -1.34. The minimum absolute atomic E-state index is 0.121. The van der Waals surface area contributed by atoms with Crippen LogP contribution in [0, 0.1) is 5.92 Å². The minimum atomic E-state index is -0.846. The molecule has 104 valence electrons. The third-order valence-electron chi connectivity index (χ3n) is 3.66. The zero-order valence-corrected chi connectivity index (χ0v) is 11.3. The van der Waals surface area contributed by atoms with Crippen LogP contribution in [0.2, 0.25) is 0 Å². The van der Waals surface area contributed by atoms with Gasteiger partial charge < -0.3 is 15.3 Å². The Morgan fingerprint density at radius 3 is 2.72 bits per heavy atom. The topological polar surface area (TPSA) is 69.6 Å². The fourth-order valence-corrected chi connectivity index (χ4v) is 2.29. The Labute approximate surface area is 109 Å². The Balaban J connectivity index is 2.45. The summed E-state index contributed by atoms with van der Waals surface area (Å²) < 4.78 is 0. The summed E-state index contributed by atoms with van der Waals surface area (Å²) in [4.78, 5) is 24.7. The first-order chi connectivity index (χ1) is 8.56. The Kier molecular flexibility index (Phi) is 5.95. The number of aliphatic carboxylic acids is 1. The smallest absolute Gasteiger partial charge is 0.317 e. The van der Waals surface area contributed by atoms with E-state index < -0.39 is 11.9 Å². The Bertz CT molecular complexity index is 294. The van der Waals surface area contributed by atoms with Crippen LogP contribution >= 0.6 is 0 Å². The van der Waals surface area contributed by atoms with Gasteiger partial charge in [-0.1, -0.05) is 19.8 Å². The van der Waals surface area contributed by atoms with Gasteiger partial charge in [-0.2, -0.15) is 0 Å². The van der Waals surface area contributed by atoms with Gasteiger partial charge in [-0.05, 0) is 26.2 Å². The third-order valence-corrected chi connectivity index (χ3v) is 3.66. The van der Waals surface area contributed by atoms with E-state index in [9.17, 15) is 9.59 Å². The number of rotatable bonds is 4. The number of nitrogens with zero attached hydrogens (tertiary/aromatic N) is 1. The van der Waals surface area contributed by atoms with Crippen LogP contribution in [0.25, 0.3) is 0 Å². The maximum Gasteiger partial charge on any atom is 0.317 e. The number of carbonyl (C=O) groups is 2. The molecule has 5 heteroatoms. The van der Waals surface area contributed by atoms with Crippen molar-refractivity contribution in [2.75, 3.05) is 13.1 Å². The lowest BCUT2D eigenvalue weighted by Gasteiger charge is -2.27. The predicted molar refractivity (Wildman–Crippen MR) is 69.5 cm³/mol. The van der Waals surface area contributed by atoms with Crippen molar-refractivity contribution >= 4 is 12.0 Å². The fraction of sp³-hybridized carbons (Fsp3) is 0.846.